The minimum atomic E-state index is 0.829. The van der Waals surface area contributed by atoms with Gasteiger partial charge in [0, 0.05) is 0 Å². The SMILES string of the molecule is CCNCCCCCOc1cccc(C)c1. The molecule has 2 heteroatoms. The Kier molecular flexibility index (Phi) is 6.66. The normalized spacial score (nSPS) is 10.4. The molecule has 0 fully saturated rings. The van der Waals surface area contributed by atoms with Crippen LogP contribution in [0.4, 0.5) is 0 Å². The molecule has 1 aromatic rings. The van der Waals surface area contributed by atoms with Crippen LogP contribution in [0.3, 0.4) is 0 Å². The van der Waals surface area contributed by atoms with Gasteiger partial charge in [0.15, 0.2) is 0 Å². The molecule has 0 bridgehead atoms. The highest BCUT2D eigenvalue weighted by molar-refractivity contribution is 5.27. The van der Waals surface area contributed by atoms with E-state index in [0.717, 1.165) is 31.9 Å². The topological polar surface area (TPSA) is 21.3 Å². The lowest BCUT2D eigenvalue weighted by Gasteiger charge is -2.06. The second-order valence-electron chi connectivity index (χ2n) is 4.08. The van der Waals surface area contributed by atoms with Crippen molar-refractivity contribution in [2.45, 2.75) is 33.1 Å². The van der Waals surface area contributed by atoms with Crippen molar-refractivity contribution in [3.63, 3.8) is 0 Å². The number of unbranched alkanes of at least 4 members (excludes halogenated alkanes) is 2. The molecule has 0 heterocycles. The Morgan fingerprint density at radius 2 is 2.06 bits per heavy atom. The number of aryl methyl sites for hydroxylation is 1. The van der Waals surface area contributed by atoms with Crippen molar-refractivity contribution in [3.8, 4) is 5.75 Å². The molecular weight excluding hydrogens is 198 g/mol. The summed E-state index contributed by atoms with van der Waals surface area (Å²) in [6, 6.07) is 8.23. The average Bonchev–Trinajstić information content (AvgIpc) is 2.28. The van der Waals surface area contributed by atoms with Crippen LogP contribution < -0.4 is 10.1 Å². The van der Waals surface area contributed by atoms with Crippen molar-refractivity contribution in [3.05, 3.63) is 29.8 Å². The molecule has 0 radical (unpaired) electrons. The summed E-state index contributed by atoms with van der Waals surface area (Å²) in [5, 5.41) is 3.32. The third kappa shape index (κ3) is 5.76. The number of nitrogens with one attached hydrogen (secondary N) is 1. The van der Waals surface area contributed by atoms with Gasteiger partial charge in [-0.05, 0) is 57.0 Å². The molecule has 90 valence electrons. The van der Waals surface area contributed by atoms with Gasteiger partial charge in [-0.1, -0.05) is 19.1 Å². The molecule has 0 aromatic heterocycles. The van der Waals surface area contributed by atoms with E-state index in [1.807, 2.05) is 12.1 Å². The smallest absolute Gasteiger partial charge is 0.119 e. The summed E-state index contributed by atoms with van der Waals surface area (Å²) in [4.78, 5) is 0. The van der Waals surface area contributed by atoms with E-state index >= 15 is 0 Å². The zero-order valence-electron chi connectivity index (χ0n) is 10.5. The Morgan fingerprint density at radius 1 is 1.19 bits per heavy atom. The summed E-state index contributed by atoms with van der Waals surface area (Å²) in [6.45, 7) is 7.25. The zero-order chi connectivity index (χ0) is 11.6. The van der Waals surface area contributed by atoms with E-state index in [4.69, 9.17) is 4.74 Å². The van der Waals surface area contributed by atoms with Crippen LogP contribution >= 0.6 is 0 Å². The number of ether oxygens (including phenoxy) is 1. The second-order valence-corrected chi connectivity index (χ2v) is 4.08. The first-order valence-electron chi connectivity index (χ1n) is 6.23. The molecule has 1 rings (SSSR count). The van der Waals surface area contributed by atoms with Crippen LogP contribution in [-0.4, -0.2) is 19.7 Å². The van der Waals surface area contributed by atoms with E-state index in [2.05, 4.69) is 31.3 Å². The highest BCUT2D eigenvalue weighted by Gasteiger charge is 1.94. The van der Waals surface area contributed by atoms with Crippen molar-refractivity contribution in [1.29, 1.82) is 0 Å². The Bertz CT molecular complexity index is 286. The van der Waals surface area contributed by atoms with Gasteiger partial charge in [-0.3, -0.25) is 0 Å². The van der Waals surface area contributed by atoms with E-state index < -0.39 is 0 Å². The molecule has 0 unspecified atom stereocenters. The minimum absolute atomic E-state index is 0.829. The first kappa shape index (κ1) is 13.0. The van der Waals surface area contributed by atoms with Gasteiger partial charge in [-0.2, -0.15) is 0 Å². The first-order chi connectivity index (χ1) is 7.83. The zero-order valence-corrected chi connectivity index (χ0v) is 10.5. The van der Waals surface area contributed by atoms with E-state index in [-0.39, 0.29) is 0 Å². The lowest BCUT2D eigenvalue weighted by molar-refractivity contribution is 0.305. The lowest BCUT2D eigenvalue weighted by Crippen LogP contribution is -2.14. The predicted octanol–water partition coefficient (Wildman–Crippen LogP) is 3.15. The van der Waals surface area contributed by atoms with Crippen molar-refractivity contribution in [2.24, 2.45) is 0 Å². The van der Waals surface area contributed by atoms with Crippen molar-refractivity contribution in [2.75, 3.05) is 19.7 Å². The van der Waals surface area contributed by atoms with Gasteiger partial charge in [0.1, 0.15) is 5.75 Å². The molecule has 0 saturated heterocycles. The van der Waals surface area contributed by atoms with E-state index in [1.165, 1.54) is 18.4 Å². The van der Waals surface area contributed by atoms with E-state index in [0.29, 0.717) is 0 Å². The monoisotopic (exact) mass is 221 g/mol. The maximum atomic E-state index is 5.67. The van der Waals surface area contributed by atoms with Gasteiger partial charge in [-0.15, -0.1) is 0 Å². The number of benzene rings is 1. The van der Waals surface area contributed by atoms with Crippen LogP contribution in [0.1, 0.15) is 31.7 Å². The molecule has 0 saturated carbocycles. The lowest BCUT2D eigenvalue weighted by atomic mass is 10.2. The third-order valence-electron chi connectivity index (χ3n) is 2.51. The van der Waals surface area contributed by atoms with E-state index in [9.17, 15) is 0 Å². The summed E-state index contributed by atoms with van der Waals surface area (Å²) in [5.74, 6) is 0.992. The maximum Gasteiger partial charge on any atom is 0.119 e. The van der Waals surface area contributed by atoms with Gasteiger partial charge in [0.05, 0.1) is 6.61 Å². The fourth-order valence-corrected chi connectivity index (χ4v) is 1.60. The van der Waals surface area contributed by atoms with Crippen LogP contribution in [-0.2, 0) is 0 Å². The molecule has 1 N–H and O–H groups in total. The predicted molar refractivity (Wildman–Crippen MR) is 69.1 cm³/mol. The van der Waals surface area contributed by atoms with Crippen LogP contribution in [0.2, 0.25) is 0 Å². The molecular formula is C14H23NO. The molecule has 1 aromatic carbocycles. The highest BCUT2D eigenvalue weighted by Crippen LogP contribution is 2.12. The van der Waals surface area contributed by atoms with Gasteiger partial charge in [0.25, 0.3) is 0 Å². The second kappa shape index (κ2) is 8.17. The quantitative estimate of drug-likeness (QED) is 0.681. The Morgan fingerprint density at radius 3 is 2.81 bits per heavy atom. The number of hydrogen-bond donors (Lipinski definition) is 1. The molecule has 16 heavy (non-hydrogen) atoms. The molecule has 0 aliphatic carbocycles. The summed E-state index contributed by atoms with van der Waals surface area (Å²) >= 11 is 0. The van der Waals surface area contributed by atoms with Gasteiger partial charge < -0.3 is 10.1 Å². The van der Waals surface area contributed by atoms with Crippen LogP contribution in [0.5, 0.6) is 5.75 Å². The van der Waals surface area contributed by atoms with Gasteiger partial charge in [-0.25, -0.2) is 0 Å². The highest BCUT2D eigenvalue weighted by atomic mass is 16.5. The summed E-state index contributed by atoms with van der Waals surface area (Å²) < 4.78 is 5.67. The van der Waals surface area contributed by atoms with Crippen LogP contribution in [0.25, 0.3) is 0 Å². The average molecular weight is 221 g/mol. The molecule has 0 aliphatic rings. The standard InChI is InChI=1S/C14H23NO/c1-3-15-10-5-4-6-11-16-14-9-7-8-13(2)12-14/h7-9,12,15H,3-6,10-11H2,1-2H3. The Balaban J connectivity index is 2.03. The summed E-state index contributed by atoms with van der Waals surface area (Å²) in [7, 11) is 0. The molecule has 0 atom stereocenters. The Hall–Kier alpha value is -1.02. The molecule has 0 amide bonds. The van der Waals surface area contributed by atoms with Crippen molar-refractivity contribution >= 4 is 0 Å². The minimum Gasteiger partial charge on any atom is -0.494 e. The number of rotatable bonds is 8. The number of hydrogen-bond acceptors (Lipinski definition) is 2. The fraction of sp³-hybridized carbons (Fsp3) is 0.571. The third-order valence-corrected chi connectivity index (χ3v) is 2.51. The summed E-state index contributed by atoms with van der Waals surface area (Å²) in [5.41, 5.74) is 1.25. The first-order valence-corrected chi connectivity index (χ1v) is 6.23. The van der Waals surface area contributed by atoms with E-state index in [1.54, 1.807) is 0 Å². The van der Waals surface area contributed by atoms with Gasteiger partial charge >= 0.3 is 0 Å². The van der Waals surface area contributed by atoms with Crippen molar-refractivity contribution in [1.82, 2.24) is 5.32 Å². The largest absolute Gasteiger partial charge is 0.494 e. The summed E-state index contributed by atoms with van der Waals surface area (Å²) in [6.07, 6.45) is 3.61. The van der Waals surface area contributed by atoms with Gasteiger partial charge in [0.2, 0.25) is 0 Å². The Labute approximate surface area is 99.0 Å². The van der Waals surface area contributed by atoms with Crippen LogP contribution in [0.15, 0.2) is 24.3 Å². The maximum absolute atomic E-state index is 5.67. The molecule has 0 aliphatic heterocycles. The van der Waals surface area contributed by atoms with Crippen molar-refractivity contribution < 1.29 is 4.74 Å². The van der Waals surface area contributed by atoms with Crippen LogP contribution in [0, 0.1) is 6.92 Å². The fourth-order valence-electron chi connectivity index (χ4n) is 1.60. The molecule has 0 spiro atoms. The molecule has 2 nitrogen and oxygen atoms in total.